The van der Waals surface area contributed by atoms with E-state index in [9.17, 15) is 18.0 Å². The molecular weight excluding hydrogens is 279 g/mol. The monoisotopic (exact) mass is 287 g/mol. The van der Waals surface area contributed by atoms with E-state index in [-0.39, 0.29) is 11.1 Å². The Kier molecular flexibility index (Phi) is 3.17. The second kappa shape index (κ2) is 5.01. The Balaban J connectivity index is 2.08. The summed E-state index contributed by atoms with van der Waals surface area (Å²) in [6.45, 7) is 0. The number of ketones is 1. The quantitative estimate of drug-likeness (QED) is 0.529. The molecule has 0 aliphatic carbocycles. The molecule has 0 saturated carbocycles. The maximum atomic E-state index is 13.2. The van der Waals surface area contributed by atoms with Crippen LogP contribution in [0.25, 0.3) is 10.9 Å². The molecule has 1 heterocycles. The van der Waals surface area contributed by atoms with Crippen LogP contribution >= 0.6 is 0 Å². The summed E-state index contributed by atoms with van der Waals surface area (Å²) in [5.41, 5.74) is 0.569. The summed E-state index contributed by atoms with van der Waals surface area (Å²) in [7, 11) is 0. The molecule has 1 aromatic heterocycles. The highest BCUT2D eigenvalue weighted by Crippen LogP contribution is 2.19. The van der Waals surface area contributed by atoms with Crippen LogP contribution in [-0.4, -0.2) is 10.8 Å². The zero-order chi connectivity index (χ0) is 15.0. The van der Waals surface area contributed by atoms with E-state index in [1.807, 2.05) is 6.07 Å². The summed E-state index contributed by atoms with van der Waals surface area (Å²) >= 11 is 0. The van der Waals surface area contributed by atoms with Crippen molar-refractivity contribution in [2.75, 3.05) is 0 Å². The fourth-order valence-corrected chi connectivity index (χ4v) is 2.06. The molecule has 3 aromatic rings. The Morgan fingerprint density at radius 2 is 1.62 bits per heavy atom. The molecule has 0 spiro atoms. The molecule has 0 fully saturated rings. The first kappa shape index (κ1) is 13.3. The van der Waals surface area contributed by atoms with Gasteiger partial charge in [0.15, 0.2) is 23.2 Å². The largest absolute Gasteiger partial charge is 0.289 e. The molecule has 0 bridgehead atoms. The minimum absolute atomic E-state index is 0.228. The van der Waals surface area contributed by atoms with Crippen molar-refractivity contribution in [1.82, 2.24) is 4.98 Å². The van der Waals surface area contributed by atoms with Crippen molar-refractivity contribution in [3.05, 3.63) is 77.2 Å². The number of benzene rings is 2. The highest BCUT2D eigenvalue weighted by molar-refractivity contribution is 6.10. The molecular formula is C16H8F3NO. The van der Waals surface area contributed by atoms with Gasteiger partial charge in [0.2, 0.25) is 0 Å². The third-order valence-electron chi connectivity index (χ3n) is 3.11. The van der Waals surface area contributed by atoms with Gasteiger partial charge >= 0.3 is 0 Å². The van der Waals surface area contributed by atoms with Crippen molar-refractivity contribution < 1.29 is 18.0 Å². The summed E-state index contributed by atoms with van der Waals surface area (Å²) in [4.78, 5) is 16.3. The predicted molar refractivity (Wildman–Crippen MR) is 71.5 cm³/mol. The van der Waals surface area contributed by atoms with Crippen LogP contribution in [0.2, 0.25) is 0 Å². The van der Waals surface area contributed by atoms with Gasteiger partial charge in [0.25, 0.3) is 0 Å². The molecule has 0 saturated heterocycles. The first-order chi connectivity index (χ1) is 10.1. The lowest BCUT2D eigenvalue weighted by Gasteiger charge is -2.04. The Morgan fingerprint density at radius 1 is 0.905 bits per heavy atom. The number of halogens is 3. The minimum atomic E-state index is -1.59. The van der Waals surface area contributed by atoms with E-state index in [2.05, 4.69) is 4.98 Å². The number of pyridine rings is 1. The molecule has 2 nitrogen and oxygen atoms in total. The highest BCUT2D eigenvalue weighted by Gasteiger charge is 2.16. The van der Waals surface area contributed by atoms with Crippen LogP contribution < -0.4 is 0 Å². The number of carbonyl (C=O) groups excluding carboxylic acids is 1. The summed E-state index contributed by atoms with van der Waals surface area (Å²) in [6.07, 6.45) is 1.58. The number of carbonyl (C=O) groups is 1. The van der Waals surface area contributed by atoms with Crippen LogP contribution in [0, 0.1) is 17.5 Å². The van der Waals surface area contributed by atoms with Gasteiger partial charge in [0.1, 0.15) is 0 Å². The van der Waals surface area contributed by atoms with Gasteiger partial charge in [-0.05, 0) is 24.3 Å². The highest BCUT2D eigenvalue weighted by atomic mass is 19.2. The Bertz CT molecular complexity index is 838. The average molecular weight is 287 g/mol. The molecule has 104 valence electrons. The standard InChI is InChI=1S/C16H8F3NO/c17-12-6-11(7-13(18)15(12)19)16(21)10-4-3-9-2-1-5-20-14(9)8-10/h1-8H. The molecule has 0 aliphatic rings. The number of fused-ring (bicyclic) bond motifs is 1. The van der Waals surface area contributed by atoms with E-state index in [1.54, 1.807) is 18.3 Å². The van der Waals surface area contributed by atoms with Crippen molar-refractivity contribution in [2.45, 2.75) is 0 Å². The van der Waals surface area contributed by atoms with E-state index in [0.717, 1.165) is 5.39 Å². The van der Waals surface area contributed by atoms with Gasteiger partial charge in [-0.25, -0.2) is 13.2 Å². The summed E-state index contributed by atoms with van der Waals surface area (Å²) < 4.78 is 39.3. The SMILES string of the molecule is O=C(c1cc(F)c(F)c(F)c1)c1ccc2cccnc2c1. The molecule has 21 heavy (non-hydrogen) atoms. The van der Waals surface area contributed by atoms with E-state index in [4.69, 9.17) is 0 Å². The average Bonchev–Trinajstić information content (AvgIpc) is 2.51. The maximum absolute atomic E-state index is 13.2. The van der Waals surface area contributed by atoms with Gasteiger partial charge in [-0.15, -0.1) is 0 Å². The normalized spacial score (nSPS) is 10.8. The molecule has 0 unspecified atom stereocenters. The number of aromatic nitrogens is 1. The number of nitrogens with zero attached hydrogens (tertiary/aromatic N) is 1. The van der Waals surface area contributed by atoms with Crippen LogP contribution in [0.15, 0.2) is 48.7 Å². The van der Waals surface area contributed by atoms with Gasteiger partial charge < -0.3 is 0 Å². The zero-order valence-electron chi connectivity index (χ0n) is 10.6. The second-order valence-electron chi connectivity index (χ2n) is 4.49. The van der Waals surface area contributed by atoms with E-state index < -0.39 is 23.2 Å². The Morgan fingerprint density at radius 3 is 2.33 bits per heavy atom. The van der Waals surface area contributed by atoms with Crippen molar-refractivity contribution in [2.24, 2.45) is 0 Å². The molecule has 0 N–H and O–H groups in total. The molecule has 0 aliphatic heterocycles. The number of hydrogen-bond donors (Lipinski definition) is 0. The second-order valence-corrected chi connectivity index (χ2v) is 4.49. The maximum Gasteiger partial charge on any atom is 0.194 e. The van der Waals surface area contributed by atoms with Crippen molar-refractivity contribution in [3.63, 3.8) is 0 Å². The van der Waals surface area contributed by atoms with Gasteiger partial charge in [-0.1, -0.05) is 18.2 Å². The van der Waals surface area contributed by atoms with Gasteiger partial charge in [0, 0.05) is 22.7 Å². The molecule has 3 rings (SSSR count). The molecule has 0 atom stereocenters. The Labute approximate surface area is 117 Å². The van der Waals surface area contributed by atoms with E-state index in [1.165, 1.54) is 12.1 Å². The minimum Gasteiger partial charge on any atom is -0.289 e. The van der Waals surface area contributed by atoms with Crippen LogP contribution in [-0.2, 0) is 0 Å². The predicted octanol–water partition coefficient (Wildman–Crippen LogP) is 3.88. The van der Waals surface area contributed by atoms with Crippen LogP contribution in [0.4, 0.5) is 13.2 Å². The molecule has 2 aromatic carbocycles. The zero-order valence-corrected chi connectivity index (χ0v) is 10.6. The van der Waals surface area contributed by atoms with Gasteiger partial charge in [-0.3, -0.25) is 9.78 Å². The summed E-state index contributed by atoms with van der Waals surface area (Å²) in [6, 6.07) is 9.70. The molecule has 0 radical (unpaired) electrons. The van der Waals surface area contributed by atoms with Crippen LogP contribution in [0.3, 0.4) is 0 Å². The molecule has 0 amide bonds. The first-order valence-corrected chi connectivity index (χ1v) is 6.10. The fourth-order valence-electron chi connectivity index (χ4n) is 2.06. The summed E-state index contributed by atoms with van der Waals surface area (Å²) in [5.74, 6) is -4.97. The van der Waals surface area contributed by atoms with E-state index in [0.29, 0.717) is 17.6 Å². The third kappa shape index (κ3) is 2.38. The topological polar surface area (TPSA) is 30.0 Å². The van der Waals surface area contributed by atoms with Crippen LogP contribution in [0.1, 0.15) is 15.9 Å². The van der Waals surface area contributed by atoms with E-state index >= 15 is 0 Å². The lowest BCUT2D eigenvalue weighted by atomic mass is 10.0. The van der Waals surface area contributed by atoms with Gasteiger partial charge in [0.05, 0.1) is 5.52 Å². The number of rotatable bonds is 2. The fraction of sp³-hybridized carbons (Fsp3) is 0. The molecule has 5 heteroatoms. The van der Waals surface area contributed by atoms with Crippen LogP contribution in [0.5, 0.6) is 0 Å². The van der Waals surface area contributed by atoms with Crippen molar-refractivity contribution >= 4 is 16.7 Å². The first-order valence-electron chi connectivity index (χ1n) is 6.10. The van der Waals surface area contributed by atoms with Gasteiger partial charge in [-0.2, -0.15) is 0 Å². The smallest absolute Gasteiger partial charge is 0.194 e. The summed E-state index contributed by atoms with van der Waals surface area (Å²) in [5, 5.41) is 0.838. The lowest BCUT2D eigenvalue weighted by Crippen LogP contribution is -2.04. The number of hydrogen-bond acceptors (Lipinski definition) is 2. The van der Waals surface area contributed by atoms with Crippen molar-refractivity contribution in [1.29, 1.82) is 0 Å². The van der Waals surface area contributed by atoms with Crippen molar-refractivity contribution in [3.8, 4) is 0 Å². The third-order valence-corrected chi connectivity index (χ3v) is 3.11. The Hall–Kier alpha value is -2.69. The lowest BCUT2D eigenvalue weighted by molar-refractivity contribution is 0.103.